The topological polar surface area (TPSA) is 46.5 Å². The van der Waals surface area contributed by atoms with Gasteiger partial charge in [0.1, 0.15) is 0 Å². The number of rotatable bonds is 5. The summed E-state index contributed by atoms with van der Waals surface area (Å²) in [5.41, 5.74) is 0.309. The lowest BCUT2D eigenvalue weighted by Gasteiger charge is -2.12. The Labute approximate surface area is 79.4 Å². The largest absolute Gasteiger partial charge is 0.433 e. The minimum atomic E-state index is -0.994. The Bertz CT molecular complexity index is 185. The molecule has 0 amide bonds. The van der Waals surface area contributed by atoms with Gasteiger partial charge in [0.25, 0.3) is 0 Å². The summed E-state index contributed by atoms with van der Waals surface area (Å²) >= 11 is 0. The third kappa shape index (κ3) is 6.34. The van der Waals surface area contributed by atoms with Gasteiger partial charge in [-0.05, 0) is 19.3 Å². The number of ether oxygens (including phenoxy) is 1. The molecule has 0 saturated carbocycles. The molecule has 76 valence electrons. The van der Waals surface area contributed by atoms with Crippen molar-refractivity contribution >= 4 is 5.97 Å². The first kappa shape index (κ1) is 12.2. The Hall–Kier alpha value is -0.830. The molecule has 0 aliphatic heterocycles. The molecule has 0 aromatic heterocycles. The first-order chi connectivity index (χ1) is 5.93. The summed E-state index contributed by atoms with van der Waals surface area (Å²) in [5.74, 6) is -0.0329. The van der Waals surface area contributed by atoms with Crippen LogP contribution in [0, 0.1) is 5.92 Å². The number of carbonyl (C=O) groups excluding carboxylic acids is 1. The normalized spacial score (nSPS) is 12.7. The summed E-state index contributed by atoms with van der Waals surface area (Å²) in [6.45, 7) is 9.07. The average Bonchev–Trinajstić information content (AvgIpc) is 2.00. The lowest BCUT2D eigenvalue weighted by Crippen LogP contribution is -2.18. The fourth-order valence-electron chi connectivity index (χ4n) is 0.759. The molecule has 3 nitrogen and oxygen atoms in total. The van der Waals surface area contributed by atoms with Crippen molar-refractivity contribution in [3.8, 4) is 0 Å². The minimum absolute atomic E-state index is 0.309. The first-order valence-electron chi connectivity index (χ1n) is 4.48. The number of aliphatic hydroxyl groups is 1. The van der Waals surface area contributed by atoms with Gasteiger partial charge in [-0.1, -0.05) is 20.4 Å². The number of aliphatic hydroxyl groups excluding tert-OH is 1. The number of hydrogen-bond acceptors (Lipinski definition) is 3. The van der Waals surface area contributed by atoms with Crippen LogP contribution >= 0.6 is 0 Å². The SMILES string of the molecule is C=C(C)C(=O)OC(O)CCC(C)C. The molecule has 3 heteroatoms. The Morgan fingerprint density at radius 1 is 1.46 bits per heavy atom. The van der Waals surface area contributed by atoms with Crippen LogP contribution in [0.2, 0.25) is 0 Å². The van der Waals surface area contributed by atoms with E-state index in [0.29, 0.717) is 17.9 Å². The maximum Gasteiger partial charge on any atom is 0.335 e. The van der Waals surface area contributed by atoms with E-state index in [1.165, 1.54) is 0 Å². The van der Waals surface area contributed by atoms with Crippen molar-refractivity contribution in [2.24, 2.45) is 5.92 Å². The molecular formula is C10H18O3. The second-order valence-corrected chi connectivity index (χ2v) is 3.61. The lowest BCUT2D eigenvalue weighted by molar-refractivity contribution is -0.164. The fraction of sp³-hybridized carbons (Fsp3) is 0.700. The van der Waals surface area contributed by atoms with Crippen LogP contribution in [-0.2, 0) is 9.53 Å². The molecule has 0 aromatic carbocycles. The molecule has 0 bridgehead atoms. The van der Waals surface area contributed by atoms with Crippen molar-refractivity contribution in [2.45, 2.75) is 39.9 Å². The predicted molar refractivity (Wildman–Crippen MR) is 51.0 cm³/mol. The van der Waals surface area contributed by atoms with E-state index in [0.717, 1.165) is 6.42 Å². The molecule has 13 heavy (non-hydrogen) atoms. The summed E-state index contributed by atoms with van der Waals surface area (Å²) in [6.07, 6.45) is 0.327. The molecule has 0 aliphatic carbocycles. The van der Waals surface area contributed by atoms with Crippen LogP contribution in [0.25, 0.3) is 0 Å². The maximum absolute atomic E-state index is 10.9. The quantitative estimate of drug-likeness (QED) is 0.405. The van der Waals surface area contributed by atoms with E-state index in [1.807, 2.05) is 13.8 Å². The van der Waals surface area contributed by atoms with Gasteiger partial charge in [0.05, 0.1) is 0 Å². The van der Waals surface area contributed by atoms with Crippen LogP contribution in [0.3, 0.4) is 0 Å². The zero-order valence-electron chi connectivity index (χ0n) is 8.54. The Balaban J connectivity index is 3.68. The van der Waals surface area contributed by atoms with Crippen LogP contribution < -0.4 is 0 Å². The van der Waals surface area contributed by atoms with Gasteiger partial charge < -0.3 is 9.84 Å². The van der Waals surface area contributed by atoms with E-state index < -0.39 is 12.3 Å². The van der Waals surface area contributed by atoms with E-state index in [2.05, 4.69) is 11.3 Å². The number of hydrogen-bond donors (Lipinski definition) is 1. The highest BCUT2D eigenvalue weighted by molar-refractivity contribution is 5.86. The van der Waals surface area contributed by atoms with Gasteiger partial charge in [-0.3, -0.25) is 0 Å². The van der Waals surface area contributed by atoms with Crippen LogP contribution in [0.1, 0.15) is 33.6 Å². The molecule has 0 heterocycles. The van der Waals surface area contributed by atoms with E-state index in [1.54, 1.807) is 6.92 Å². The minimum Gasteiger partial charge on any atom is -0.433 e. The van der Waals surface area contributed by atoms with Crippen molar-refractivity contribution in [1.82, 2.24) is 0 Å². The fourth-order valence-corrected chi connectivity index (χ4v) is 0.759. The van der Waals surface area contributed by atoms with Gasteiger partial charge in [-0.25, -0.2) is 4.79 Å². The van der Waals surface area contributed by atoms with Gasteiger partial charge >= 0.3 is 5.97 Å². The zero-order chi connectivity index (χ0) is 10.4. The summed E-state index contributed by atoms with van der Waals surface area (Å²) < 4.78 is 4.68. The monoisotopic (exact) mass is 186 g/mol. The highest BCUT2D eigenvalue weighted by Gasteiger charge is 2.11. The number of esters is 1. The highest BCUT2D eigenvalue weighted by atomic mass is 16.6. The van der Waals surface area contributed by atoms with Gasteiger partial charge in [0.15, 0.2) is 0 Å². The van der Waals surface area contributed by atoms with Crippen molar-refractivity contribution in [2.75, 3.05) is 0 Å². The van der Waals surface area contributed by atoms with Gasteiger partial charge in [-0.15, -0.1) is 0 Å². The van der Waals surface area contributed by atoms with Crippen molar-refractivity contribution < 1.29 is 14.6 Å². The Morgan fingerprint density at radius 3 is 2.38 bits per heavy atom. The highest BCUT2D eigenvalue weighted by Crippen LogP contribution is 2.08. The predicted octanol–water partition coefficient (Wildman–Crippen LogP) is 1.86. The van der Waals surface area contributed by atoms with Crippen molar-refractivity contribution in [3.63, 3.8) is 0 Å². The third-order valence-electron chi connectivity index (χ3n) is 1.58. The van der Waals surface area contributed by atoms with Gasteiger partial charge in [0, 0.05) is 12.0 Å². The smallest absolute Gasteiger partial charge is 0.335 e. The van der Waals surface area contributed by atoms with Crippen LogP contribution in [0.5, 0.6) is 0 Å². The van der Waals surface area contributed by atoms with Crippen molar-refractivity contribution in [1.29, 1.82) is 0 Å². The summed E-state index contributed by atoms with van der Waals surface area (Å²) in [4.78, 5) is 10.9. The standard InChI is InChI=1S/C10H18O3/c1-7(2)5-6-9(11)13-10(12)8(3)4/h7,9,11H,3,5-6H2,1-2,4H3. The summed E-state index contributed by atoms with van der Waals surface area (Å²) in [6, 6.07) is 0. The molecule has 0 rings (SSSR count). The molecule has 0 spiro atoms. The Morgan fingerprint density at radius 2 is 2.00 bits per heavy atom. The molecule has 0 radical (unpaired) electrons. The summed E-state index contributed by atoms with van der Waals surface area (Å²) in [5, 5.41) is 9.23. The van der Waals surface area contributed by atoms with Crippen molar-refractivity contribution in [3.05, 3.63) is 12.2 Å². The molecule has 0 saturated heterocycles. The van der Waals surface area contributed by atoms with Gasteiger partial charge in [0.2, 0.25) is 6.29 Å². The Kier molecular flexibility index (Phi) is 5.39. The van der Waals surface area contributed by atoms with Crippen LogP contribution in [0.4, 0.5) is 0 Å². The second kappa shape index (κ2) is 5.75. The summed E-state index contributed by atoms with van der Waals surface area (Å²) in [7, 11) is 0. The molecule has 1 N–H and O–H groups in total. The second-order valence-electron chi connectivity index (χ2n) is 3.61. The van der Waals surface area contributed by atoms with E-state index in [-0.39, 0.29) is 0 Å². The maximum atomic E-state index is 10.9. The lowest BCUT2D eigenvalue weighted by atomic mass is 10.1. The third-order valence-corrected chi connectivity index (χ3v) is 1.58. The molecule has 0 aromatic rings. The molecule has 0 fully saturated rings. The zero-order valence-corrected chi connectivity index (χ0v) is 8.54. The molecule has 1 atom stereocenters. The van der Waals surface area contributed by atoms with Crippen LogP contribution in [0.15, 0.2) is 12.2 Å². The van der Waals surface area contributed by atoms with E-state index in [4.69, 9.17) is 0 Å². The molecule has 0 aliphatic rings. The van der Waals surface area contributed by atoms with Gasteiger partial charge in [-0.2, -0.15) is 0 Å². The van der Waals surface area contributed by atoms with E-state index in [9.17, 15) is 9.90 Å². The average molecular weight is 186 g/mol. The number of carbonyl (C=O) groups is 1. The van der Waals surface area contributed by atoms with Crippen LogP contribution in [-0.4, -0.2) is 17.4 Å². The molecular weight excluding hydrogens is 168 g/mol. The van der Waals surface area contributed by atoms with E-state index >= 15 is 0 Å². The first-order valence-corrected chi connectivity index (χ1v) is 4.48. The molecule has 1 unspecified atom stereocenters.